The second-order valence-corrected chi connectivity index (χ2v) is 10.9. The van der Waals surface area contributed by atoms with Crippen molar-refractivity contribution in [1.82, 2.24) is 19.8 Å². The predicted octanol–water partition coefficient (Wildman–Crippen LogP) is 7.12. The quantitative estimate of drug-likeness (QED) is 0.296. The average molecular weight is 497 g/mol. The standard InChI is InChI=1S/C32H37FN4/c33-29-11-12-30-31(22-29)35-32(34-30)28-6-4-5-27(21-28)26-9-7-25(8-10-26)23-37-19-14-24(15-20-37)13-18-36-16-2-1-3-17-36/h4-12,21-22,24H,1-3,13-20,23H2,(H,34,35). The van der Waals surface area contributed by atoms with Crippen molar-refractivity contribution in [2.75, 3.05) is 32.7 Å². The van der Waals surface area contributed by atoms with E-state index in [2.05, 4.69) is 62.2 Å². The number of piperidine rings is 2. The van der Waals surface area contributed by atoms with Gasteiger partial charge in [0.1, 0.15) is 11.6 Å². The number of hydrogen-bond acceptors (Lipinski definition) is 3. The van der Waals surface area contributed by atoms with Crippen molar-refractivity contribution in [2.24, 2.45) is 5.92 Å². The van der Waals surface area contributed by atoms with E-state index in [0.29, 0.717) is 0 Å². The van der Waals surface area contributed by atoms with Gasteiger partial charge < -0.3 is 9.88 Å². The summed E-state index contributed by atoms with van der Waals surface area (Å²) in [4.78, 5) is 13.2. The Bertz CT molecular complexity index is 1310. The summed E-state index contributed by atoms with van der Waals surface area (Å²) in [5.74, 6) is 1.41. The van der Waals surface area contributed by atoms with Crippen LogP contribution in [-0.2, 0) is 6.54 Å². The van der Waals surface area contributed by atoms with Gasteiger partial charge in [-0.25, -0.2) is 9.37 Å². The second kappa shape index (κ2) is 11.2. The van der Waals surface area contributed by atoms with E-state index in [0.717, 1.165) is 40.4 Å². The molecule has 0 amide bonds. The second-order valence-electron chi connectivity index (χ2n) is 10.9. The first-order valence-corrected chi connectivity index (χ1v) is 14.0. The van der Waals surface area contributed by atoms with Crippen LogP contribution in [0.4, 0.5) is 4.39 Å². The molecule has 2 aliphatic rings. The Hall–Kier alpha value is -3.02. The van der Waals surface area contributed by atoms with Crippen LogP contribution in [0.3, 0.4) is 0 Å². The molecule has 0 spiro atoms. The van der Waals surface area contributed by atoms with E-state index in [1.54, 1.807) is 6.07 Å². The fourth-order valence-corrected chi connectivity index (χ4v) is 6.01. The minimum absolute atomic E-state index is 0.256. The van der Waals surface area contributed by atoms with Gasteiger partial charge in [-0.2, -0.15) is 0 Å². The fraction of sp³-hybridized carbons (Fsp3) is 0.406. The minimum Gasteiger partial charge on any atom is -0.338 e. The highest BCUT2D eigenvalue weighted by molar-refractivity contribution is 5.80. The van der Waals surface area contributed by atoms with E-state index in [-0.39, 0.29) is 5.82 Å². The predicted molar refractivity (Wildman–Crippen MR) is 150 cm³/mol. The molecule has 6 rings (SSSR count). The van der Waals surface area contributed by atoms with Gasteiger partial charge in [0.25, 0.3) is 0 Å². The lowest BCUT2D eigenvalue weighted by Gasteiger charge is -2.34. The number of likely N-dealkylation sites (tertiary alicyclic amines) is 2. The Labute approximate surface area is 219 Å². The molecule has 2 saturated heterocycles. The maximum absolute atomic E-state index is 13.6. The maximum Gasteiger partial charge on any atom is 0.138 e. The molecule has 1 N–H and O–H groups in total. The summed E-state index contributed by atoms with van der Waals surface area (Å²) in [6.45, 7) is 7.42. The molecule has 3 aromatic carbocycles. The van der Waals surface area contributed by atoms with E-state index in [1.807, 2.05) is 6.07 Å². The smallest absolute Gasteiger partial charge is 0.138 e. The largest absolute Gasteiger partial charge is 0.338 e. The van der Waals surface area contributed by atoms with Crippen LogP contribution in [0.25, 0.3) is 33.5 Å². The number of rotatable bonds is 7. The number of hydrogen-bond donors (Lipinski definition) is 1. The Morgan fingerprint density at radius 3 is 2.38 bits per heavy atom. The normalized spacial score (nSPS) is 18.0. The third-order valence-electron chi connectivity index (χ3n) is 8.28. The Morgan fingerprint density at radius 2 is 1.57 bits per heavy atom. The monoisotopic (exact) mass is 496 g/mol. The molecule has 1 aromatic heterocycles. The van der Waals surface area contributed by atoms with Crippen molar-refractivity contribution < 1.29 is 4.39 Å². The van der Waals surface area contributed by atoms with Gasteiger partial charge in [-0.15, -0.1) is 0 Å². The SMILES string of the molecule is Fc1ccc2nc(-c3cccc(-c4ccc(CN5CCC(CCN6CCCCC6)CC5)cc4)c3)[nH]c2c1. The number of halogens is 1. The summed E-state index contributed by atoms with van der Waals surface area (Å²) in [7, 11) is 0. The summed E-state index contributed by atoms with van der Waals surface area (Å²) >= 11 is 0. The summed E-state index contributed by atoms with van der Waals surface area (Å²) < 4.78 is 13.6. The summed E-state index contributed by atoms with van der Waals surface area (Å²) in [5.41, 5.74) is 6.23. The van der Waals surface area contributed by atoms with Gasteiger partial charge in [-0.1, -0.05) is 48.9 Å². The first kappa shape index (κ1) is 24.3. The lowest BCUT2D eigenvalue weighted by molar-refractivity contribution is 0.151. The van der Waals surface area contributed by atoms with Crippen LogP contribution in [0.1, 0.15) is 44.1 Å². The number of nitrogens with zero attached hydrogens (tertiary/aromatic N) is 3. The Kier molecular flexibility index (Phi) is 7.34. The number of aromatic nitrogens is 2. The van der Waals surface area contributed by atoms with Crippen LogP contribution < -0.4 is 0 Å². The van der Waals surface area contributed by atoms with Crippen LogP contribution in [0, 0.1) is 11.7 Å². The molecule has 4 aromatic rings. The van der Waals surface area contributed by atoms with Gasteiger partial charge in [0, 0.05) is 12.1 Å². The average Bonchev–Trinajstić information content (AvgIpc) is 3.37. The Balaban J connectivity index is 1.04. The number of imidazole rings is 1. The highest BCUT2D eigenvalue weighted by atomic mass is 19.1. The first-order valence-electron chi connectivity index (χ1n) is 14.0. The van der Waals surface area contributed by atoms with E-state index >= 15 is 0 Å². The highest BCUT2D eigenvalue weighted by Gasteiger charge is 2.20. The molecular formula is C32H37FN4. The first-order chi connectivity index (χ1) is 18.2. The molecule has 0 unspecified atom stereocenters. The third-order valence-corrected chi connectivity index (χ3v) is 8.28. The van der Waals surface area contributed by atoms with Crippen LogP contribution >= 0.6 is 0 Å². The Morgan fingerprint density at radius 1 is 0.784 bits per heavy atom. The zero-order chi connectivity index (χ0) is 25.0. The van der Waals surface area contributed by atoms with Gasteiger partial charge in [0.2, 0.25) is 0 Å². The summed E-state index contributed by atoms with van der Waals surface area (Å²) in [6.07, 6.45) is 8.28. The van der Waals surface area contributed by atoms with Crippen molar-refractivity contribution in [3.63, 3.8) is 0 Å². The molecule has 0 atom stereocenters. The van der Waals surface area contributed by atoms with Crippen LogP contribution in [0.2, 0.25) is 0 Å². The third kappa shape index (κ3) is 5.94. The van der Waals surface area contributed by atoms with Gasteiger partial charge in [0.15, 0.2) is 0 Å². The summed E-state index contributed by atoms with van der Waals surface area (Å²) in [6, 6.07) is 22.0. The zero-order valence-electron chi connectivity index (χ0n) is 21.6. The molecule has 0 radical (unpaired) electrons. The molecular weight excluding hydrogens is 459 g/mol. The number of nitrogens with one attached hydrogen (secondary N) is 1. The highest BCUT2D eigenvalue weighted by Crippen LogP contribution is 2.28. The molecule has 3 heterocycles. The molecule has 2 aliphatic heterocycles. The number of aromatic amines is 1. The van der Waals surface area contributed by atoms with Gasteiger partial charge in [-0.05, 0) is 112 Å². The minimum atomic E-state index is -0.256. The van der Waals surface area contributed by atoms with Gasteiger partial charge in [-0.3, -0.25) is 4.90 Å². The van der Waals surface area contributed by atoms with E-state index < -0.39 is 0 Å². The molecule has 192 valence electrons. The maximum atomic E-state index is 13.6. The van der Waals surface area contributed by atoms with Gasteiger partial charge in [0.05, 0.1) is 11.0 Å². The molecule has 2 fully saturated rings. The number of benzene rings is 3. The lowest BCUT2D eigenvalue weighted by atomic mass is 9.92. The van der Waals surface area contributed by atoms with Crippen molar-refractivity contribution in [1.29, 1.82) is 0 Å². The van der Waals surface area contributed by atoms with Crippen LogP contribution in [0.15, 0.2) is 66.7 Å². The molecule has 5 heteroatoms. The number of fused-ring (bicyclic) bond motifs is 1. The van der Waals surface area contributed by atoms with Gasteiger partial charge >= 0.3 is 0 Å². The van der Waals surface area contributed by atoms with E-state index in [9.17, 15) is 4.39 Å². The topological polar surface area (TPSA) is 35.2 Å². The summed E-state index contributed by atoms with van der Waals surface area (Å²) in [5, 5.41) is 0. The van der Waals surface area contributed by atoms with Crippen LogP contribution in [-0.4, -0.2) is 52.5 Å². The molecule has 0 aliphatic carbocycles. The van der Waals surface area contributed by atoms with E-state index in [1.165, 1.54) is 94.5 Å². The zero-order valence-corrected chi connectivity index (χ0v) is 21.6. The molecule has 0 bridgehead atoms. The van der Waals surface area contributed by atoms with Crippen molar-refractivity contribution >= 4 is 11.0 Å². The fourth-order valence-electron chi connectivity index (χ4n) is 6.01. The molecule has 0 saturated carbocycles. The lowest BCUT2D eigenvalue weighted by Crippen LogP contribution is -2.36. The number of H-pyrrole nitrogens is 1. The van der Waals surface area contributed by atoms with Crippen molar-refractivity contribution in [3.8, 4) is 22.5 Å². The molecule has 4 nitrogen and oxygen atoms in total. The molecule has 37 heavy (non-hydrogen) atoms. The van der Waals surface area contributed by atoms with E-state index in [4.69, 9.17) is 0 Å². The van der Waals surface area contributed by atoms with Crippen molar-refractivity contribution in [3.05, 3.63) is 78.1 Å². The van der Waals surface area contributed by atoms with Crippen LogP contribution in [0.5, 0.6) is 0 Å². The van der Waals surface area contributed by atoms with Crippen molar-refractivity contribution in [2.45, 2.75) is 45.1 Å².